The Kier molecular flexibility index (Phi) is 7.03. The van der Waals surface area contributed by atoms with E-state index in [9.17, 15) is 14.0 Å². The first kappa shape index (κ1) is 21.5. The predicted molar refractivity (Wildman–Crippen MR) is 115 cm³/mol. The summed E-state index contributed by atoms with van der Waals surface area (Å²) in [7, 11) is 2.09. The molecule has 0 spiro atoms. The van der Waals surface area contributed by atoms with Gasteiger partial charge in [0.1, 0.15) is 5.82 Å². The minimum absolute atomic E-state index is 0.0187. The minimum Gasteiger partial charge on any atom is -0.369 e. The fourth-order valence-corrected chi connectivity index (χ4v) is 4.37. The predicted octanol–water partition coefficient (Wildman–Crippen LogP) is 3.79. The number of benzene rings is 1. The number of Topliss-reactive ketones (excluding diaryl/α,β-unsaturated/α-hetero) is 1. The van der Waals surface area contributed by atoms with E-state index in [0.717, 1.165) is 42.3 Å². The Balaban J connectivity index is 1.62. The molecule has 29 heavy (non-hydrogen) atoms. The van der Waals surface area contributed by atoms with Crippen molar-refractivity contribution in [3.8, 4) is 0 Å². The maximum absolute atomic E-state index is 13.9. The number of halogens is 1. The summed E-state index contributed by atoms with van der Waals surface area (Å²) in [6.45, 7) is 7.43. The van der Waals surface area contributed by atoms with Gasteiger partial charge in [0.25, 0.3) is 0 Å². The number of nitrogens with one attached hydrogen (secondary N) is 1. The Hall–Kier alpha value is -2.25. The molecule has 1 aliphatic heterocycles. The lowest BCUT2D eigenvalue weighted by Crippen LogP contribution is -2.45. The molecule has 1 unspecified atom stereocenters. The molecule has 0 bridgehead atoms. The van der Waals surface area contributed by atoms with Gasteiger partial charge in [-0.25, -0.2) is 4.39 Å². The van der Waals surface area contributed by atoms with Gasteiger partial charge in [0, 0.05) is 55.1 Å². The molecule has 156 valence electrons. The van der Waals surface area contributed by atoms with Crippen LogP contribution in [0.25, 0.3) is 0 Å². The molecule has 1 amide bonds. The highest BCUT2D eigenvalue weighted by atomic mass is 32.1. The van der Waals surface area contributed by atoms with Crippen LogP contribution in [0.15, 0.2) is 30.3 Å². The number of anilines is 1. The van der Waals surface area contributed by atoms with E-state index >= 15 is 0 Å². The maximum atomic E-state index is 13.9. The lowest BCUT2D eigenvalue weighted by molar-refractivity contribution is -0.121. The Morgan fingerprint density at radius 2 is 1.86 bits per heavy atom. The Bertz CT molecular complexity index is 875. The highest BCUT2D eigenvalue weighted by Gasteiger charge is 2.21. The second-order valence-corrected chi connectivity index (χ2v) is 8.90. The van der Waals surface area contributed by atoms with Gasteiger partial charge >= 0.3 is 0 Å². The summed E-state index contributed by atoms with van der Waals surface area (Å²) in [6, 6.07) is 8.13. The van der Waals surface area contributed by atoms with Crippen LogP contribution in [-0.2, 0) is 4.79 Å². The van der Waals surface area contributed by atoms with Crippen LogP contribution >= 0.6 is 11.3 Å². The zero-order valence-corrected chi connectivity index (χ0v) is 18.0. The van der Waals surface area contributed by atoms with Crippen molar-refractivity contribution in [3.05, 3.63) is 51.5 Å². The lowest BCUT2D eigenvalue weighted by atomic mass is 10.0. The topological polar surface area (TPSA) is 52.7 Å². The fraction of sp³-hybridized carbons (Fsp3) is 0.455. The van der Waals surface area contributed by atoms with Gasteiger partial charge in [-0.1, -0.05) is 0 Å². The van der Waals surface area contributed by atoms with Crippen LogP contribution < -0.4 is 10.2 Å². The third-order valence-corrected chi connectivity index (χ3v) is 6.31. The number of carbonyl (C=O) groups is 2. The standard InChI is InChI=1S/C22H28FN3O2S/c1-15-4-8-21(29-15)20(27)7-9-22(28)24-16(2)18-14-17(23)5-6-19(18)26-12-10-25(3)11-13-26/h4-6,8,14,16H,7,9-13H2,1-3H3,(H,24,28). The number of piperazine rings is 1. The van der Waals surface area contributed by atoms with E-state index in [1.54, 1.807) is 12.1 Å². The average molecular weight is 418 g/mol. The Labute approximate surface area is 175 Å². The molecular formula is C22H28FN3O2S. The normalized spacial score (nSPS) is 15.9. The van der Waals surface area contributed by atoms with Gasteiger partial charge < -0.3 is 15.1 Å². The molecule has 0 radical (unpaired) electrons. The second kappa shape index (κ2) is 9.50. The fourth-order valence-electron chi connectivity index (χ4n) is 3.53. The van der Waals surface area contributed by atoms with Gasteiger partial charge in [0.2, 0.25) is 5.91 Å². The van der Waals surface area contributed by atoms with Crippen molar-refractivity contribution >= 4 is 28.7 Å². The number of carbonyl (C=O) groups excluding carboxylic acids is 2. The van der Waals surface area contributed by atoms with E-state index < -0.39 is 0 Å². The van der Waals surface area contributed by atoms with Gasteiger partial charge in [-0.2, -0.15) is 0 Å². The SMILES string of the molecule is Cc1ccc(C(=O)CCC(=O)NC(C)c2cc(F)ccc2N2CCN(C)CC2)s1. The van der Waals surface area contributed by atoms with E-state index in [4.69, 9.17) is 0 Å². The molecule has 5 nitrogen and oxygen atoms in total. The minimum atomic E-state index is -0.341. The largest absolute Gasteiger partial charge is 0.369 e. The summed E-state index contributed by atoms with van der Waals surface area (Å²) < 4.78 is 13.9. The number of thiophene rings is 1. The van der Waals surface area contributed by atoms with Crippen molar-refractivity contribution in [1.82, 2.24) is 10.2 Å². The first-order valence-corrected chi connectivity index (χ1v) is 10.8. The van der Waals surface area contributed by atoms with Gasteiger partial charge in [0.15, 0.2) is 5.78 Å². The second-order valence-electron chi connectivity index (χ2n) is 7.62. The molecule has 1 saturated heterocycles. The van der Waals surface area contributed by atoms with Crippen LogP contribution in [0.4, 0.5) is 10.1 Å². The number of hydrogen-bond donors (Lipinski definition) is 1. The zero-order chi connectivity index (χ0) is 21.0. The number of ketones is 1. The van der Waals surface area contributed by atoms with Crippen molar-refractivity contribution in [3.63, 3.8) is 0 Å². The summed E-state index contributed by atoms with van der Waals surface area (Å²) >= 11 is 1.45. The number of rotatable bonds is 7. The third kappa shape index (κ3) is 5.64. The van der Waals surface area contributed by atoms with Gasteiger partial charge in [-0.15, -0.1) is 11.3 Å². The van der Waals surface area contributed by atoms with Gasteiger partial charge in [-0.3, -0.25) is 9.59 Å². The number of hydrogen-bond acceptors (Lipinski definition) is 5. The molecule has 0 aliphatic carbocycles. The van der Waals surface area contributed by atoms with Crippen LogP contribution in [0.1, 0.15) is 45.9 Å². The van der Waals surface area contributed by atoms with E-state index in [0.29, 0.717) is 4.88 Å². The molecule has 7 heteroatoms. The monoisotopic (exact) mass is 417 g/mol. The van der Waals surface area contributed by atoms with Crippen molar-refractivity contribution in [2.45, 2.75) is 32.7 Å². The molecule has 1 N–H and O–H groups in total. The Morgan fingerprint density at radius 1 is 1.14 bits per heavy atom. The molecule has 1 aromatic carbocycles. The van der Waals surface area contributed by atoms with E-state index in [-0.39, 0.29) is 36.4 Å². The summed E-state index contributed by atoms with van der Waals surface area (Å²) in [5.74, 6) is -0.537. The van der Waals surface area contributed by atoms with Crippen molar-refractivity contribution in [2.75, 3.05) is 38.1 Å². The average Bonchev–Trinajstić information content (AvgIpc) is 3.13. The first-order valence-electron chi connectivity index (χ1n) is 9.95. The van der Waals surface area contributed by atoms with Crippen LogP contribution in [-0.4, -0.2) is 49.8 Å². The van der Waals surface area contributed by atoms with E-state index in [1.165, 1.54) is 23.5 Å². The van der Waals surface area contributed by atoms with Crippen molar-refractivity contribution < 1.29 is 14.0 Å². The molecular weight excluding hydrogens is 389 g/mol. The van der Waals surface area contributed by atoms with Crippen LogP contribution in [0.2, 0.25) is 0 Å². The molecule has 1 aliphatic rings. The molecule has 1 aromatic heterocycles. The maximum Gasteiger partial charge on any atom is 0.220 e. The van der Waals surface area contributed by atoms with Crippen LogP contribution in [0, 0.1) is 12.7 Å². The number of aryl methyl sites for hydroxylation is 1. The Morgan fingerprint density at radius 3 is 2.52 bits per heavy atom. The quantitative estimate of drug-likeness (QED) is 0.697. The summed E-state index contributed by atoms with van der Waals surface area (Å²) in [4.78, 5) is 30.9. The van der Waals surface area contributed by atoms with Gasteiger partial charge in [0.05, 0.1) is 10.9 Å². The van der Waals surface area contributed by atoms with Crippen LogP contribution in [0.5, 0.6) is 0 Å². The van der Waals surface area contributed by atoms with Gasteiger partial charge in [-0.05, 0) is 51.2 Å². The van der Waals surface area contributed by atoms with Crippen molar-refractivity contribution in [2.24, 2.45) is 0 Å². The number of amides is 1. The molecule has 3 rings (SSSR count). The smallest absolute Gasteiger partial charge is 0.220 e. The molecule has 0 saturated carbocycles. The van der Waals surface area contributed by atoms with Crippen molar-refractivity contribution in [1.29, 1.82) is 0 Å². The van der Waals surface area contributed by atoms with E-state index in [2.05, 4.69) is 22.2 Å². The number of nitrogens with zero attached hydrogens (tertiary/aromatic N) is 2. The highest BCUT2D eigenvalue weighted by molar-refractivity contribution is 7.14. The highest BCUT2D eigenvalue weighted by Crippen LogP contribution is 2.28. The molecule has 2 heterocycles. The molecule has 2 aromatic rings. The molecule has 1 atom stereocenters. The summed E-state index contributed by atoms with van der Waals surface area (Å²) in [6.07, 6.45) is 0.298. The molecule has 1 fully saturated rings. The summed E-state index contributed by atoms with van der Waals surface area (Å²) in [5.41, 5.74) is 1.72. The lowest BCUT2D eigenvalue weighted by Gasteiger charge is -2.36. The first-order chi connectivity index (χ1) is 13.8. The van der Waals surface area contributed by atoms with Crippen LogP contribution in [0.3, 0.4) is 0 Å². The summed E-state index contributed by atoms with van der Waals surface area (Å²) in [5, 5.41) is 2.93. The third-order valence-electron chi connectivity index (χ3n) is 5.27. The zero-order valence-electron chi connectivity index (χ0n) is 17.2. The number of likely N-dealkylation sites (N-methyl/N-ethyl adjacent to an activating group) is 1. The van der Waals surface area contributed by atoms with E-state index in [1.807, 2.05) is 19.9 Å².